The van der Waals surface area contributed by atoms with Crippen molar-refractivity contribution < 1.29 is 0 Å². The number of aryl methyl sites for hydroxylation is 1. The lowest BCUT2D eigenvalue weighted by Crippen LogP contribution is -1.84. The van der Waals surface area contributed by atoms with Crippen molar-refractivity contribution >= 4 is 10.9 Å². The average Bonchev–Trinajstić information content (AvgIpc) is 2.83. The smallest absolute Gasteiger partial charge is 0.111 e. The minimum Gasteiger partial charge on any atom is -0.282 e. The number of rotatable bonds is 1. The molecule has 0 aliphatic carbocycles. The van der Waals surface area contributed by atoms with Crippen molar-refractivity contribution in [1.82, 2.24) is 20.2 Å². The van der Waals surface area contributed by atoms with Crippen molar-refractivity contribution in [2.75, 3.05) is 0 Å². The summed E-state index contributed by atoms with van der Waals surface area (Å²) >= 11 is 0. The molecule has 0 aromatic carbocycles. The number of hydrogen-bond donors (Lipinski definition) is 1. The Hall–Kier alpha value is -2.23. The topological polar surface area (TPSA) is 54.5 Å². The molecule has 3 aromatic heterocycles. The molecule has 0 radical (unpaired) electrons. The van der Waals surface area contributed by atoms with Gasteiger partial charge in [0.2, 0.25) is 0 Å². The van der Waals surface area contributed by atoms with Crippen LogP contribution in [0.4, 0.5) is 0 Å². The summed E-state index contributed by atoms with van der Waals surface area (Å²) in [5.74, 6) is 0. The molecule has 0 aliphatic heterocycles. The highest BCUT2D eigenvalue weighted by molar-refractivity contribution is 5.84. The molecule has 0 amide bonds. The molecule has 0 saturated carbocycles. The highest BCUT2D eigenvalue weighted by Crippen LogP contribution is 2.21. The Morgan fingerprint density at radius 3 is 2.72 bits per heavy atom. The fourth-order valence-corrected chi connectivity index (χ4v) is 1.71. The molecule has 0 fully saturated rings. The summed E-state index contributed by atoms with van der Waals surface area (Å²) in [4.78, 5) is 8.46. The lowest BCUT2D eigenvalue weighted by molar-refractivity contribution is 1.07. The molecule has 1 N–H and O–H groups in total. The number of aromatic nitrogens is 4. The molecule has 0 saturated heterocycles. The van der Waals surface area contributed by atoms with Crippen molar-refractivity contribution in [2.24, 2.45) is 0 Å². The number of pyridine rings is 2. The minimum atomic E-state index is 0.894. The molecule has 0 aliphatic rings. The van der Waals surface area contributed by atoms with Gasteiger partial charge in [0.25, 0.3) is 0 Å². The Bertz CT molecular complexity index is 629. The lowest BCUT2D eigenvalue weighted by Gasteiger charge is -1.99. The van der Waals surface area contributed by atoms with Gasteiger partial charge >= 0.3 is 0 Å². The number of nitrogens with zero attached hydrogens (tertiary/aromatic N) is 3. The van der Waals surface area contributed by atoms with Gasteiger partial charge in [-0.15, -0.1) is 0 Å². The van der Waals surface area contributed by atoms with Crippen LogP contribution < -0.4 is 0 Å². The largest absolute Gasteiger partial charge is 0.282 e. The first-order chi connectivity index (χ1) is 8.84. The second-order valence-corrected chi connectivity index (χ2v) is 3.68. The van der Waals surface area contributed by atoms with Gasteiger partial charge in [0, 0.05) is 29.0 Å². The van der Waals surface area contributed by atoms with Gasteiger partial charge in [-0.1, -0.05) is 13.8 Å². The Morgan fingerprint density at radius 1 is 1.17 bits per heavy atom. The van der Waals surface area contributed by atoms with Crippen LogP contribution in [0.5, 0.6) is 0 Å². The predicted molar refractivity (Wildman–Crippen MR) is 73.2 cm³/mol. The fraction of sp³-hybridized carbons (Fsp3) is 0.214. The van der Waals surface area contributed by atoms with E-state index in [1.165, 1.54) is 0 Å². The standard InChI is InChI=1S/C12H10N4.C2H6/c1-8-10-5-11(9-3-2-4-13-6-9)14-7-12(10)16-15-8;1-2/h2-7H,1H3,(H,15,16);1-2H3. The van der Waals surface area contributed by atoms with Crippen LogP contribution in [-0.4, -0.2) is 20.2 Å². The molecule has 4 heteroatoms. The quantitative estimate of drug-likeness (QED) is 0.709. The first-order valence-electron chi connectivity index (χ1n) is 6.06. The summed E-state index contributed by atoms with van der Waals surface area (Å²) in [5, 5.41) is 8.20. The van der Waals surface area contributed by atoms with Crippen molar-refractivity contribution in [3.8, 4) is 11.3 Å². The highest BCUT2D eigenvalue weighted by Gasteiger charge is 2.05. The van der Waals surface area contributed by atoms with Gasteiger partial charge in [-0.3, -0.25) is 15.1 Å². The molecule has 18 heavy (non-hydrogen) atoms. The van der Waals surface area contributed by atoms with E-state index in [2.05, 4.69) is 20.2 Å². The molecular formula is C14H16N4. The fourth-order valence-electron chi connectivity index (χ4n) is 1.71. The van der Waals surface area contributed by atoms with E-state index in [4.69, 9.17) is 0 Å². The summed E-state index contributed by atoms with van der Waals surface area (Å²) in [6.45, 7) is 6.00. The second kappa shape index (κ2) is 5.40. The second-order valence-electron chi connectivity index (χ2n) is 3.68. The zero-order chi connectivity index (χ0) is 13.0. The maximum Gasteiger partial charge on any atom is 0.111 e. The third-order valence-electron chi connectivity index (χ3n) is 2.59. The van der Waals surface area contributed by atoms with Gasteiger partial charge < -0.3 is 0 Å². The van der Waals surface area contributed by atoms with E-state index in [9.17, 15) is 0 Å². The van der Waals surface area contributed by atoms with Crippen molar-refractivity contribution in [3.05, 3.63) is 42.5 Å². The third-order valence-corrected chi connectivity index (χ3v) is 2.59. The van der Waals surface area contributed by atoms with E-state index in [1.807, 2.05) is 45.2 Å². The van der Waals surface area contributed by atoms with Crippen LogP contribution in [0.2, 0.25) is 0 Å². The Kier molecular flexibility index (Phi) is 3.67. The SMILES string of the molecule is CC.Cc1[nH]nc2cnc(-c3cccnc3)cc12. The van der Waals surface area contributed by atoms with Crippen LogP contribution in [0, 0.1) is 6.92 Å². The van der Waals surface area contributed by atoms with E-state index in [0.29, 0.717) is 0 Å². The van der Waals surface area contributed by atoms with Crippen LogP contribution in [0.15, 0.2) is 36.8 Å². The molecule has 0 spiro atoms. The van der Waals surface area contributed by atoms with Crippen LogP contribution >= 0.6 is 0 Å². The normalized spacial score (nSPS) is 9.94. The Morgan fingerprint density at radius 2 is 2.00 bits per heavy atom. The molecule has 4 nitrogen and oxygen atoms in total. The van der Waals surface area contributed by atoms with Gasteiger partial charge in [0.05, 0.1) is 11.9 Å². The highest BCUT2D eigenvalue weighted by atomic mass is 15.1. The molecule has 0 bridgehead atoms. The van der Waals surface area contributed by atoms with Crippen LogP contribution in [0.1, 0.15) is 19.5 Å². The van der Waals surface area contributed by atoms with E-state index in [0.717, 1.165) is 27.9 Å². The summed E-state index contributed by atoms with van der Waals surface area (Å²) in [6.07, 6.45) is 5.34. The molecular weight excluding hydrogens is 224 g/mol. The molecule has 3 heterocycles. The third kappa shape index (κ3) is 2.22. The maximum atomic E-state index is 4.37. The van der Waals surface area contributed by atoms with Gasteiger partial charge in [-0.05, 0) is 25.1 Å². The van der Waals surface area contributed by atoms with Gasteiger partial charge in [0.15, 0.2) is 0 Å². The number of nitrogens with one attached hydrogen (secondary N) is 1. The first-order valence-corrected chi connectivity index (χ1v) is 6.06. The van der Waals surface area contributed by atoms with Crippen molar-refractivity contribution in [1.29, 1.82) is 0 Å². The van der Waals surface area contributed by atoms with Crippen LogP contribution in [-0.2, 0) is 0 Å². The van der Waals surface area contributed by atoms with E-state index >= 15 is 0 Å². The predicted octanol–water partition coefficient (Wildman–Crippen LogP) is 3.35. The van der Waals surface area contributed by atoms with Crippen molar-refractivity contribution in [2.45, 2.75) is 20.8 Å². The van der Waals surface area contributed by atoms with E-state index in [-0.39, 0.29) is 0 Å². The lowest BCUT2D eigenvalue weighted by atomic mass is 10.1. The van der Waals surface area contributed by atoms with Crippen molar-refractivity contribution in [3.63, 3.8) is 0 Å². The molecule has 0 unspecified atom stereocenters. The zero-order valence-electron chi connectivity index (χ0n) is 10.8. The molecule has 92 valence electrons. The van der Waals surface area contributed by atoms with E-state index < -0.39 is 0 Å². The molecule has 3 aromatic rings. The first kappa shape index (κ1) is 12.2. The van der Waals surface area contributed by atoms with Crippen LogP contribution in [0.3, 0.4) is 0 Å². The minimum absolute atomic E-state index is 0.894. The van der Waals surface area contributed by atoms with Crippen LogP contribution in [0.25, 0.3) is 22.2 Å². The number of H-pyrrole nitrogens is 1. The van der Waals surface area contributed by atoms with Gasteiger partial charge in [0.1, 0.15) is 5.52 Å². The number of hydrogen-bond acceptors (Lipinski definition) is 3. The average molecular weight is 240 g/mol. The molecule has 0 atom stereocenters. The monoisotopic (exact) mass is 240 g/mol. The maximum absolute atomic E-state index is 4.37. The van der Waals surface area contributed by atoms with Gasteiger partial charge in [-0.25, -0.2) is 0 Å². The number of fused-ring (bicyclic) bond motifs is 1. The summed E-state index contributed by atoms with van der Waals surface area (Å²) < 4.78 is 0. The molecule has 3 rings (SSSR count). The number of aromatic amines is 1. The Labute approximate surface area is 106 Å². The summed E-state index contributed by atoms with van der Waals surface area (Å²) in [7, 11) is 0. The summed E-state index contributed by atoms with van der Waals surface area (Å²) in [6, 6.07) is 5.94. The Balaban J connectivity index is 0.000000574. The van der Waals surface area contributed by atoms with E-state index in [1.54, 1.807) is 12.4 Å². The zero-order valence-corrected chi connectivity index (χ0v) is 10.8. The summed E-state index contributed by atoms with van der Waals surface area (Å²) in [5.41, 5.74) is 3.89. The van der Waals surface area contributed by atoms with Gasteiger partial charge in [-0.2, -0.15) is 5.10 Å².